The zero-order valence-corrected chi connectivity index (χ0v) is 14.6. The minimum absolute atomic E-state index is 0.0712. The highest BCUT2D eigenvalue weighted by Gasteiger charge is 2.25. The molecule has 0 fully saturated rings. The van der Waals surface area contributed by atoms with E-state index in [1.165, 1.54) is 4.88 Å². The lowest BCUT2D eigenvalue weighted by Crippen LogP contribution is -2.10. The molecule has 0 amide bonds. The van der Waals surface area contributed by atoms with E-state index in [-0.39, 0.29) is 5.41 Å². The van der Waals surface area contributed by atoms with Gasteiger partial charge in [0.25, 0.3) is 0 Å². The van der Waals surface area contributed by atoms with Crippen LogP contribution in [0.3, 0.4) is 0 Å². The largest absolute Gasteiger partial charge is 0.360 e. The lowest BCUT2D eigenvalue weighted by atomic mass is 9.98. The molecule has 6 heteroatoms. The molecule has 0 aliphatic rings. The Morgan fingerprint density at radius 1 is 1.15 bits per heavy atom. The molecule has 0 aliphatic carbocycles. The predicted octanol–water partition coefficient (Wildman–Crippen LogP) is 4.51. The van der Waals surface area contributed by atoms with Gasteiger partial charge in [-0.2, -0.15) is 0 Å². The van der Waals surface area contributed by atoms with Gasteiger partial charge in [0.15, 0.2) is 5.01 Å². The van der Waals surface area contributed by atoms with Crippen molar-refractivity contribution in [3.8, 4) is 9.88 Å². The Morgan fingerprint density at radius 2 is 1.85 bits per heavy atom. The second-order valence-electron chi connectivity index (χ2n) is 6.08. The average molecular weight is 310 g/mol. The second kappa shape index (κ2) is 5.77. The summed E-state index contributed by atoms with van der Waals surface area (Å²) in [6.07, 6.45) is 0. The maximum Gasteiger partial charge on any atom is 0.206 e. The number of rotatable bonds is 4. The van der Waals surface area contributed by atoms with Crippen LogP contribution in [-0.4, -0.2) is 21.7 Å². The van der Waals surface area contributed by atoms with Crippen LogP contribution >= 0.6 is 22.7 Å². The first-order valence-corrected chi connectivity index (χ1v) is 8.55. The van der Waals surface area contributed by atoms with Gasteiger partial charge >= 0.3 is 0 Å². The van der Waals surface area contributed by atoms with Crippen LogP contribution in [0.15, 0.2) is 0 Å². The van der Waals surface area contributed by atoms with Crippen molar-refractivity contribution in [2.75, 3.05) is 11.9 Å². The highest BCUT2D eigenvalue weighted by Crippen LogP contribution is 2.40. The van der Waals surface area contributed by atoms with Crippen LogP contribution in [0.5, 0.6) is 0 Å². The van der Waals surface area contributed by atoms with Gasteiger partial charge in [-0.05, 0) is 12.8 Å². The average Bonchev–Trinajstić information content (AvgIpc) is 2.93. The summed E-state index contributed by atoms with van der Waals surface area (Å²) in [5.74, 6) is 0.392. The first-order chi connectivity index (χ1) is 9.32. The van der Waals surface area contributed by atoms with E-state index >= 15 is 0 Å². The third-order valence-corrected chi connectivity index (χ3v) is 5.32. The molecular weight excluding hydrogens is 288 g/mol. The molecule has 0 bridgehead atoms. The molecule has 0 saturated carbocycles. The maximum atomic E-state index is 4.85. The van der Waals surface area contributed by atoms with E-state index in [1.807, 2.05) is 0 Å². The van der Waals surface area contributed by atoms with Crippen molar-refractivity contribution < 1.29 is 0 Å². The van der Waals surface area contributed by atoms with Crippen LogP contribution in [0.1, 0.15) is 58.2 Å². The summed E-state index contributed by atoms with van der Waals surface area (Å²) in [5.41, 5.74) is 1.21. The van der Waals surface area contributed by atoms with Gasteiger partial charge in [-0.1, -0.05) is 46.0 Å². The monoisotopic (exact) mass is 310 g/mol. The molecule has 0 radical (unpaired) electrons. The fourth-order valence-electron chi connectivity index (χ4n) is 1.73. The van der Waals surface area contributed by atoms with E-state index in [1.54, 1.807) is 22.7 Å². The Morgan fingerprint density at radius 3 is 2.40 bits per heavy atom. The van der Waals surface area contributed by atoms with Gasteiger partial charge in [0.2, 0.25) is 5.13 Å². The van der Waals surface area contributed by atoms with Gasteiger partial charge in [-0.3, -0.25) is 0 Å². The summed E-state index contributed by atoms with van der Waals surface area (Å²) in [4.78, 5) is 6.02. The summed E-state index contributed by atoms with van der Waals surface area (Å²) in [5, 5.41) is 14.7. The van der Waals surface area contributed by atoms with Crippen molar-refractivity contribution in [2.24, 2.45) is 0 Å². The summed E-state index contributed by atoms with van der Waals surface area (Å²) in [7, 11) is 0. The van der Waals surface area contributed by atoms with Crippen molar-refractivity contribution in [3.05, 3.63) is 10.7 Å². The number of aromatic nitrogens is 3. The number of nitrogens with zero attached hydrogens (tertiary/aromatic N) is 3. The van der Waals surface area contributed by atoms with E-state index in [9.17, 15) is 0 Å². The third kappa shape index (κ3) is 3.17. The molecule has 0 aromatic carbocycles. The first-order valence-electron chi connectivity index (χ1n) is 6.91. The zero-order valence-electron chi connectivity index (χ0n) is 12.9. The lowest BCUT2D eigenvalue weighted by Gasteiger charge is -2.13. The van der Waals surface area contributed by atoms with E-state index in [4.69, 9.17) is 4.98 Å². The van der Waals surface area contributed by atoms with Crippen LogP contribution in [0, 0.1) is 0 Å². The van der Waals surface area contributed by atoms with Crippen LogP contribution in [0.4, 0.5) is 5.13 Å². The summed E-state index contributed by atoms with van der Waals surface area (Å²) in [6, 6.07) is 0. The number of nitrogens with one attached hydrogen (secondary N) is 1. The second-order valence-corrected chi connectivity index (χ2v) is 8.06. The third-order valence-electron chi connectivity index (χ3n) is 2.79. The fraction of sp³-hybridized carbons (Fsp3) is 0.643. The molecule has 1 N–H and O–H groups in total. The molecule has 0 unspecified atom stereocenters. The molecule has 2 heterocycles. The molecule has 4 nitrogen and oxygen atoms in total. The topological polar surface area (TPSA) is 50.7 Å². The SMILES string of the molecule is CCNc1nnc(-c2sc(C(C)(C)C)nc2C(C)C)s1. The van der Waals surface area contributed by atoms with Crippen molar-refractivity contribution in [1.82, 2.24) is 15.2 Å². The minimum atomic E-state index is 0.0712. The van der Waals surface area contributed by atoms with E-state index in [0.29, 0.717) is 5.92 Å². The molecule has 110 valence electrons. The predicted molar refractivity (Wildman–Crippen MR) is 88.0 cm³/mol. The molecule has 2 rings (SSSR count). The molecule has 20 heavy (non-hydrogen) atoms. The standard InChI is InChI=1S/C14H22N4S2/c1-7-15-13-18-17-11(20-13)10-9(8(2)3)16-12(19-10)14(4,5)6/h8H,7H2,1-6H3,(H,15,18). The zero-order chi connectivity index (χ0) is 14.9. The highest BCUT2D eigenvalue weighted by atomic mass is 32.1. The van der Waals surface area contributed by atoms with Gasteiger partial charge in [0.05, 0.1) is 15.6 Å². The fourth-order valence-corrected chi connectivity index (χ4v) is 3.90. The smallest absolute Gasteiger partial charge is 0.206 e. The normalized spacial score (nSPS) is 12.2. The Kier molecular flexibility index (Phi) is 4.44. The summed E-state index contributed by atoms with van der Waals surface area (Å²) < 4.78 is 0. The van der Waals surface area contributed by atoms with Crippen LogP contribution in [0.25, 0.3) is 9.88 Å². The number of hydrogen-bond acceptors (Lipinski definition) is 6. The number of anilines is 1. The Bertz CT molecular complexity index is 578. The summed E-state index contributed by atoms with van der Waals surface area (Å²) >= 11 is 3.35. The number of hydrogen-bond donors (Lipinski definition) is 1. The number of thiazole rings is 1. The van der Waals surface area contributed by atoms with Crippen molar-refractivity contribution in [1.29, 1.82) is 0 Å². The van der Waals surface area contributed by atoms with Gasteiger partial charge in [-0.15, -0.1) is 21.5 Å². The highest BCUT2D eigenvalue weighted by molar-refractivity contribution is 7.23. The first kappa shape index (κ1) is 15.4. The van der Waals surface area contributed by atoms with Crippen LogP contribution in [0.2, 0.25) is 0 Å². The van der Waals surface area contributed by atoms with Crippen LogP contribution in [-0.2, 0) is 5.41 Å². The molecule has 0 atom stereocenters. The van der Waals surface area contributed by atoms with E-state index < -0.39 is 0 Å². The molecule has 0 aliphatic heterocycles. The quantitative estimate of drug-likeness (QED) is 0.902. The molecule has 2 aromatic heterocycles. The van der Waals surface area contributed by atoms with Gasteiger partial charge in [0, 0.05) is 12.0 Å². The van der Waals surface area contributed by atoms with Crippen molar-refractivity contribution in [3.63, 3.8) is 0 Å². The Labute approximate surface area is 128 Å². The van der Waals surface area contributed by atoms with Crippen molar-refractivity contribution in [2.45, 2.75) is 52.9 Å². The maximum absolute atomic E-state index is 4.85. The van der Waals surface area contributed by atoms with Gasteiger partial charge in [-0.25, -0.2) is 4.98 Å². The Hall–Kier alpha value is -1.01. The van der Waals surface area contributed by atoms with Gasteiger partial charge in [0.1, 0.15) is 0 Å². The van der Waals surface area contributed by atoms with Crippen LogP contribution < -0.4 is 5.32 Å². The lowest BCUT2D eigenvalue weighted by molar-refractivity contribution is 0.581. The molecular formula is C14H22N4S2. The molecule has 2 aromatic rings. The molecule has 0 saturated heterocycles. The van der Waals surface area contributed by atoms with Gasteiger partial charge < -0.3 is 5.32 Å². The van der Waals surface area contributed by atoms with E-state index in [2.05, 4.69) is 57.1 Å². The van der Waals surface area contributed by atoms with Crippen molar-refractivity contribution >= 4 is 27.8 Å². The van der Waals surface area contributed by atoms with E-state index in [0.717, 1.165) is 27.4 Å². The summed E-state index contributed by atoms with van der Waals surface area (Å²) in [6.45, 7) is 13.9. The minimum Gasteiger partial charge on any atom is -0.360 e. The molecule has 0 spiro atoms. The Balaban J connectivity index is 2.45.